The van der Waals surface area contributed by atoms with Crippen LogP contribution in [-0.2, 0) is 0 Å². The highest BCUT2D eigenvalue weighted by molar-refractivity contribution is 4.85. The molecule has 0 bridgehead atoms. The van der Waals surface area contributed by atoms with Gasteiger partial charge in [0.1, 0.15) is 0 Å². The molecule has 2 rings (SSSR count). The normalized spacial score (nSPS) is 31.8. The van der Waals surface area contributed by atoms with Crippen LogP contribution in [0.4, 0.5) is 0 Å². The van der Waals surface area contributed by atoms with Crippen molar-refractivity contribution in [2.75, 3.05) is 32.7 Å². The minimum Gasteiger partial charge on any atom is -0.392 e. The Hall–Kier alpha value is -0.120. The van der Waals surface area contributed by atoms with Gasteiger partial charge in [0, 0.05) is 32.2 Å². The van der Waals surface area contributed by atoms with Crippen molar-refractivity contribution in [3.05, 3.63) is 0 Å². The van der Waals surface area contributed by atoms with Crippen molar-refractivity contribution in [3.8, 4) is 0 Å². The van der Waals surface area contributed by atoms with E-state index in [1.807, 2.05) is 0 Å². The summed E-state index contributed by atoms with van der Waals surface area (Å²) in [6.45, 7) is 9.98. The van der Waals surface area contributed by atoms with Crippen LogP contribution in [0.15, 0.2) is 0 Å². The lowest BCUT2D eigenvalue weighted by Gasteiger charge is -2.40. The number of rotatable bonds is 4. The Morgan fingerprint density at radius 3 is 2.60 bits per heavy atom. The summed E-state index contributed by atoms with van der Waals surface area (Å²) in [4.78, 5) is 4.94. The Bertz CT molecular complexity index is 206. The van der Waals surface area contributed by atoms with E-state index in [1.165, 1.54) is 12.8 Å². The number of hydrogen-bond donors (Lipinski definition) is 1. The summed E-state index contributed by atoms with van der Waals surface area (Å²) in [6, 6.07) is 0.648. The maximum absolute atomic E-state index is 9.90. The quantitative estimate of drug-likeness (QED) is 0.746. The predicted octanol–water partition coefficient (Wildman–Crippen LogP) is 0.783. The monoisotopic (exact) mass is 212 g/mol. The molecule has 1 saturated heterocycles. The van der Waals surface area contributed by atoms with Gasteiger partial charge in [-0.2, -0.15) is 0 Å². The van der Waals surface area contributed by atoms with Gasteiger partial charge in [-0.1, -0.05) is 6.92 Å². The van der Waals surface area contributed by atoms with Gasteiger partial charge in [-0.25, -0.2) is 0 Å². The smallest absolute Gasteiger partial charge is 0.0695 e. The van der Waals surface area contributed by atoms with E-state index in [2.05, 4.69) is 23.6 Å². The zero-order valence-corrected chi connectivity index (χ0v) is 10.0. The van der Waals surface area contributed by atoms with Crippen molar-refractivity contribution in [3.63, 3.8) is 0 Å². The molecule has 1 N–H and O–H groups in total. The zero-order valence-electron chi connectivity index (χ0n) is 10.0. The number of aliphatic hydroxyl groups is 1. The van der Waals surface area contributed by atoms with E-state index in [1.54, 1.807) is 0 Å². The summed E-state index contributed by atoms with van der Waals surface area (Å²) in [5.74, 6) is 0.615. The van der Waals surface area contributed by atoms with Crippen LogP contribution in [0.3, 0.4) is 0 Å². The molecule has 88 valence electrons. The maximum Gasteiger partial charge on any atom is 0.0695 e. The van der Waals surface area contributed by atoms with E-state index >= 15 is 0 Å². The molecular formula is C12H24N2O. The molecule has 15 heavy (non-hydrogen) atoms. The molecule has 2 unspecified atom stereocenters. The molecule has 3 nitrogen and oxygen atoms in total. The Balaban J connectivity index is 1.75. The van der Waals surface area contributed by atoms with E-state index < -0.39 is 0 Å². The molecule has 0 radical (unpaired) electrons. The molecule has 1 aliphatic carbocycles. The topological polar surface area (TPSA) is 26.7 Å². The highest BCUT2D eigenvalue weighted by atomic mass is 16.3. The Morgan fingerprint density at radius 2 is 2.07 bits per heavy atom. The lowest BCUT2D eigenvalue weighted by Crippen LogP contribution is -2.53. The van der Waals surface area contributed by atoms with Gasteiger partial charge in [-0.15, -0.1) is 0 Å². The zero-order chi connectivity index (χ0) is 10.8. The fraction of sp³-hybridized carbons (Fsp3) is 1.00. The van der Waals surface area contributed by atoms with Crippen LogP contribution in [0.5, 0.6) is 0 Å². The highest BCUT2D eigenvalue weighted by Gasteiger charge is 2.32. The molecule has 1 heterocycles. The van der Waals surface area contributed by atoms with Crippen LogP contribution < -0.4 is 0 Å². The fourth-order valence-corrected chi connectivity index (χ4v) is 2.60. The standard InChI is InChI=1S/C12H24N2O/c1-3-14-7-6-13(8-10(14)2)9-12(15)11-4-5-11/h10-12,15H,3-9H2,1-2H3. The van der Waals surface area contributed by atoms with E-state index in [0.717, 1.165) is 32.7 Å². The number of β-amino-alcohol motifs (C(OH)–C–C–N with tert-alkyl or cyclic N) is 1. The number of hydrogen-bond acceptors (Lipinski definition) is 3. The van der Waals surface area contributed by atoms with Crippen molar-refractivity contribution >= 4 is 0 Å². The van der Waals surface area contributed by atoms with Crippen molar-refractivity contribution < 1.29 is 5.11 Å². The van der Waals surface area contributed by atoms with Crippen LogP contribution in [-0.4, -0.2) is 59.8 Å². The Morgan fingerprint density at radius 1 is 1.33 bits per heavy atom. The maximum atomic E-state index is 9.90. The Labute approximate surface area is 93.1 Å². The summed E-state index contributed by atoms with van der Waals surface area (Å²) in [5, 5.41) is 9.90. The van der Waals surface area contributed by atoms with Crippen molar-refractivity contribution in [1.82, 2.24) is 9.80 Å². The molecule has 2 aliphatic rings. The van der Waals surface area contributed by atoms with Crippen LogP contribution in [0.2, 0.25) is 0 Å². The van der Waals surface area contributed by atoms with Crippen LogP contribution >= 0.6 is 0 Å². The average molecular weight is 212 g/mol. The lowest BCUT2D eigenvalue weighted by atomic mass is 10.1. The number of nitrogens with zero attached hydrogens (tertiary/aromatic N) is 2. The SMILES string of the molecule is CCN1CCN(CC(O)C2CC2)CC1C. The van der Waals surface area contributed by atoms with Gasteiger partial charge in [0.2, 0.25) is 0 Å². The third kappa shape index (κ3) is 2.92. The first-order valence-corrected chi connectivity index (χ1v) is 6.35. The predicted molar refractivity (Wildman–Crippen MR) is 61.9 cm³/mol. The summed E-state index contributed by atoms with van der Waals surface area (Å²) in [6.07, 6.45) is 2.42. The number of piperazine rings is 1. The molecule has 2 fully saturated rings. The summed E-state index contributed by atoms with van der Waals surface area (Å²) >= 11 is 0. The molecule has 0 aromatic carbocycles. The molecule has 0 spiro atoms. The van der Waals surface area contributed by atoms with Crippen molar-refractivity contribution in [2.24, 2.45) is 5.92 Å². The molecule has 1 aliphatic heterocycles. The van der Waals surface area contributed by atoms with Crippen molar-refractivity contribution in [2.45, 2.75) is 38.8 Å². The van der Waals surface area contributed by atoms with Gasteiger partial charge < -0.3 is 5.11 Å². The number of likely N-dealkylation sites (N-methyl/N-ethyl adjacent to an activating group) is 1. The second kappa shape index (κ2) is 4.81. The third-order valence-corrected chi connectivity index (χ3v) is 3.87. The second-order valence-corrected chi connectivity index (χ2v) is 5.14. The molecule has 1 saturated carbocycles. The molecule has 2 atom stereocenters. The molecule has 0 aromatic rings. The summed E-state index contributed by atoms with van der Waals surface area (Å²) in [7, 11) is 0. The molecule has 0 amide bonds. The minimum atomic E-state index is -0.0645. The lowest BCUT2D eigenvalue weighted by molar-refractivity contribution is 0.0407. The summed E-state index contributed by atoms with van der Waals surface area (Å²) < 4.78 is 0. The van der Waals surface area contributed by atoms with E-state index in [9.17, 15) is 5.11 Å². The van der Waals surface area contributed by atoms with E-state index in [0.29, 0.717) is 12.0 Å². The first-order valence-electron chi connectivity index (χ1n) is 6.35. The minimum absolute atomic E-state index is 0.0645. The van der Waals surface area contributed by atoms with Crippen LogP contribution in [0.25, 0.3) is 0 Å². The summed E-state index contributed by atoms with van der Waals surface area (Å²) in [5.41, 5.74) is 0. The molecule has 3 heteroatoms. The van der Waals surface area contributed by atoms with Gasteiger partial charge in [-0.3, -0.25) is 9.80 Å². The van der Waals surface area contributed by atoms with E-state index in [-0.39, 0.29) is 6.10 Å². The largest absolute Gasteiger partial charge is 0.392 e. The van der Waals surface area contributed by atoms with E-state index in [4.69, 9.17) is 0 Å². The van der Waals surface area contributed by atoms with Crippen LogP contribution in [0, 0.1) is 5.92 Å². The molecular weight excluding hydrogens is 188 g/mol. The fourth-order valence-electron chi connectivity index (χ4n) is 2.60. The van der Waals surface area contributed by atoms with Crippen LogP contribution in [0.1, 0.15) is 26.7 Å². The first-order chi connectivity index (χ1) is 7.20. The highest BCUT2D eigenvalue weighted by Crippen LogP contribution is 2.33. The number of aliphatic hydroxyl groups excluding tert-OH is 1. The molecule has 0 aromatic heterocycles. The van der Waals surface area contributed by atoms with Gasteiger partial charge >= 0.3 is 0 Å². The van der Waals surface area contributed by atoms with Gasteiger partial charge in [-0.05, 0) is 32.2 Å². The van der Waals surface area contributed by atoms with Gasteiger partial charge in [0.05, 0.1) is 6.10 Å². The Kier molecular flexibility index (Phi) is 3.65. The third-order valence-electron chi connectivity index (χ3n) is 3.87. The van der Waals surface area contributed by atoms with Gasteiger partial charge in [0.15, 0.2) is 0 Å². The average Bonchev–Trinajstić information content (AvgIpc) is 3.01. The first kappa shape index (κ1) is 11.4. The second-order valence-electron chi connectivity index (χ2n) is 5.14. The van der Waals surface area contributed by atoms with Crippen molar-refractivity contribution in [1.29, 1.82) is 0 Å². The van der Waals surface area contributed by atoms with Gasteiger partial charge in [0.25, 0.3) is 0 Å².